The second-order valence-corrected chi connectivity index (χ2v) is 7.33. The maximum absolute atomic E-state index is 12.5. The number of nitrogens with zero attached hydrogens (tertiary/aromatic N) is 2. The highest BCUT2D eigenvalue weighted by molar-refractivity contribution is 7.91. The van der Waals surface area contributed by atoms with E-state index in [0.29, 0.717) is 0 Å². The van der Waals surface area contributed by atoms with Crippen LogP contribution >= 0.6 is 0 Å². The van der Waals surface area contributed by atoms with Gasteiger partial charge in [-0.25, -0.2) is 18.0 Å². The predicted molar refractivity (Wildman–Crippen MR) is 94.6 cm³/mol. The normalized spacial score (nSPS) is 12.7. The number of hydrogen-bond acceptors (Lipinski definition) is 8. The molecule has 142 valence electrons. The van der Waals surface area contributed by atoms with Gasteiger partial charge in [0, 0.05) is 19.2 Å². The Balaban J connectivity index is 2.72. The Kier molecular flexibility index (Phi) is 5.32. The topological polar surface area (TPSA) is 165 Å². The fraction of sp³-hybridized carbons (Fsp3) is 0.385. The van der Waals surface area contributed by atoms with Crippen molar-refractivity contribution < 1.29 is 18.1 Å². The van der Waals surface area contributed by atoms with Crippen LogP contribution in [0.5, 0.6) is 0 Å². The summed E-state index contributed by atoms with van der Waals surface area (Å²) in [5, 5.41) is 14.0. The van der Waals surface area contributed by atoms with Crippen molar-refractivity contribution in [3.63, 3.8) is 0 Å². The summed E-state index contributed by atoms with van der Waals surface area (Å²) in [6.07, 6.45) is 0.776. The minimum Gasteiger partial charge on any atom is -0.383 e. The number of sulfonamides is 1. The molecule has 2 aromatic rings. The Hall–Kier alpha value is -2.93. The van der Waals surface area contributed by atoms with Gasteiger partial charge in [-0.2, -0.15) is 4.68 Å². The van der Waals surface area contributed by atoms with E-state index in [4.69, 9.17) is 4.74 Å². The highest BCUT2D eigenvalue weighted by Crippen LogP contribution is 2.28. The van der Waals surface area contributed by atoms with Gasteiger partial charge in [-0.3, -0.25) is 14.9 Å². The molecule has 1 aromatic heterocycles. The Morgan fingerprint density at radius 2 is 2.04 bits per heavy atom. The van der Waals surface area contributed by atoms with Gasteiger partial charge in [-0.15, -0.1) is 0 Å². The monoisotopic (exact) mass is 387 g/mol. The quantitative estimate of drug-likeness (QED) is 0.424. The highest BCUT2D eigenvalue weighted by atomic mass is 32.2. The van der Waals surface area contributed by atoms with Crippen molar-refractivity contribution in [2.24, 2.45) is 0 Å². The lowest BCUT2D eigenvalue weighted by Crippen LogP contribution is -2.43. The van der Waals surface area contributed by atoms with E-state index in [1.807, 2.05) is 0 Å². The van der Waals surface area contributed by atoms with Crippen molar-refractivity contribution in [1.29, 1.82) is 0 Å². The summed E-state index contributed by atoms with van der Waals surface area (Å²) in [4.78, 5) is 39.1. The summed E-state index contributed by atoms with van der Waals surface area (Å²) in [5.74, 6) is 0. The number of methoxy groups -OCH3 is 1. The molecular formula is C13H17N5O7S. The number of hydrogen-bond donors (Lipinski definition) is 3. The molecule has 1 unspecified atom stereocenters. The van der Waals surface area contributed by atoms with E-state index in [1.54, 1.807) is 11.8 Å². The van der Waals surface area contributed by atoms with Crippen LogP contribution in [-0.2, 0) is 14.8 Å². The summed E-state index contributed by atoms with van der Waals surface area (Å²) in [5.41, 5.74) is -2.46. The van der Waals surface area contributed by atoms with Crippen molar-refractivity contribution in [2.75, 3.05) is 30.1 Å². The Morgan fingerprint density at radius 3 is 2.58 bits per heavy atom. The van der Waals surface area contributed by atoms with E-state index >= 15 is 0 Å². The lowest BCUT2D eigenvalue weighted by molar-refractivity contribution is -0.383. The van der Waals surface area contributed by atoms with Gasteiger partial charge in [0.05, 0.1) is 28.7 Å². The fourth-order valence-corrected chi connectivity index (χ4v) is 2.82. The standard InChI is InChI=1S/C13H17N5O7S/c1-7(6-25-2)14-10-4-8-9(5-11(10)18(21)22)15-13(20)17(12(8)19)16-26(3,23)24/h4-5,7,14,16H,6H2,1-3H3,(H,15,20). The second-order valence-electron chi connectivity index (χ2n) is 5.61. The number of anilines is 1. The third kappa shape index (κ3) is 4.18. The number of rotatable bonds is 7. The number of aromatic nitrogens is 2. The van der Waals surface area contributed by atoms with Crippen LogP contribution < -0.4 is 21.4 Å². The number of benzene rings is 1. The van der Waals surface area contributed by atoms with Gasteiger partial charge in [-0.1, -0.05) is 0 Å². The first-order valence-corrected chi connectivity index (χ1v) is 9.13. The molecule has 1 atom stereocenters. The molecule has 0 amide bonds. The van der Waals surface area contributed by atoms with Gasteiger partial charge in [0.25, 0.3) is 11.2 Å². The third-order valence-corrected chi connectivity index (χ3v) is 3.80. The Bertz CT molecular complexity index is 1070. The summed E-state index contributed by atoms with van der Waals surface area (Å²) in [7, 11) is -2.43. The predicted octanol–water partition coefficient (Wildman–Crippen LogP) is -0.452. The molecule has 0 spiro atoms. The highest BCUT2D eigenvalue weighted by Gasteiger charge is 2.20. The van der Waals surface area contributed by atoms with E-state index in [9.17, 15) is 28.1 Å². The smallest absolute Gasteiger partial charge is 0.348 e. The van der Waals surface area contributed by atoms with Gasteiger partial charge >= 0.3 is 5.69 Å². The lowest BCUT2D eigenvalue weighted by Gasteiger charge is -2.15. The van der Waals surface area contributed by atoms with Crippen LogP contribution in [-0.4, -0.2) is 49.0 Å². The van der Waals surface area contributed by atoms with E-state index < -0.39 is 26.2 Å². The average molecular weight is 387 g/mol. The zero-order valence-corrected chi connectivity index (χ0v) is 14.9. The number of aromatic amines is 1. The first-order chi connectivity index (χ1) is 12.0. The zero-order chi connectivity index (χ0) is 19.6. The molecule has 12 nitrogen and oxygen atoms in total. The van der Waals surface area contributed by atoms with E-state index in [0.717, 1.165) is 12.3 Å². The van der Waals surface area contributed by atoms with Gasteiger partial charge < -0.3 is 15.0 Å². The summed E-state index contributed by atoms with van der Waals surface area (Å²) >= 11 is 0. The molecule has 13 heteroatoms. The third-order valence-electron chi connectivity index (χ3n) is 3.29. The summed E-state index contributed by atoms with van der Waals surface area (Å²) in [6, 6.07) is 1.90. The molecule has 0 fully saturated rings. The van der Waals surface area contributed by atoms with Crippen LogP contribution in [0, 0.1) is 10.1 Å². The Labute approximate surface area is 147 Å². The van der Waals surface area contributed by atoms with Crippen LogP contribution in [0.25, 0.3) is 10.9 Å². The van der Waals surface area contributed by atoms with Gasteiger partial charge in [-0.05, 0) is 13.0 Å². The SMILES string of the molecule is COCC(C)Nc1cc2c(=O)n(NS(C)(=O)=O)c(=O)[nH]c2cc1[N+](=O)[O-]. The first kappa shape index (κ1) is 19.4. The van der Waals surface area contributed by atoms with Crippen LogP contribution in [0.2, 0.25) is 0 Å². The second kappa shape index (κ2) is 7.13. The number of nitrogens with one attached hydrogen (secondary N) is 3. The molecule has 0 aliphatic carbocycles. The van der Waals surface area contributed by atoms with Gasteiger partial charge in [0.1, 0.15) is 5.69 Å². The number of fused-ring (bicyclic) bond motifs is 1. The molecule has 0 saturated carbocycles. The van der Waals surface area contributed by atoms with Gasteiger partial charge in [0.15, 0.2) is 0 Å². The fourth-order valence-electron chi connectivity index (χ4n) is 2.32. The molecule has 2 rings (SSSR count). The molecule has 0 aliphatic heterocycles. The van der Waals surface area contributed by atoms with E-state index in [1.165, 1.54) is 13.2 Å². The molecule has 0 radical (unpaired) electrons. The molecule has 0 bridgehead atoms. The van der Waals surface area contributed by atoms with Crippen molar-refractivity contribution in [1.82, 2.24) is 9.66 Å². The molecule has 26 heavy (non-hydrogen) atoms. The van der Waals surface area contributed by atoms with Gasteiger partial charge in [0.2, 0.25) is 10.0 Å². The zero-order valence-electron chi connectivity index (χ0n) is 14.1. The molecule has 0 aliphatic rings. The number of H-pyrrole nitrogens is 1. The first-order valence-electron chi connectivity index (χ1n) is 7.24. The summed E-state index contributed by atoms with van der Waals surface area (Å²) in [6.45, 7) is 1.97. The maximum Gasteiger partial charge on any atom is 0.348 e. The average Bonchev–Trinajstić information content (AvgIpc) is 2.50. The van der Waals surface area contributed by atoms with E-state index in [2.05, 4.69) is 10.3 Å². The lowest BCUT2D eigenvalue weighted by atomic mass is 10.1. The van der Waals surface area contributed by atoms with Crippen LogP contribution in [0.4, 0.5) is 11.4 Å². The summed E-state index contributed by atoms with van der Waals surface area (Å²) < 4.78 is 27.9. The minimum absolute atomic E-state index is 0.0297. The van der Waals surface area contributed by atoms with Crippen molar-refractivity contribution in [3.8, 4) is 0 Å². The number of nitro groups is 1. The molecule has 1 heterocycles. The van der Waals surface area contributed by atoms with Crippen LogP contribution in [0.1, 0.15) is 6.92 Å². The van der Waals surface area contributed by atoms with Crippen molar-refractivity contribution in [2.45, 2.75) is 13.0 Å². The molecule has 0 saturated heterocycles. The maximum atomic E-state index is 12.5. The number of nitro benzene ring substituents is 1. The van der Waals surface area contributed by atoms with Crippen molar-refractivity contribution in [3.05, 3.63) is 43.1 Å². The Morgan fingerprint density at radius 1 is 1.38 bits per heavy atom. The minimum atomic E-state index is -3.90. The van der Waals surface area contributed by atoms with E-state index in [-0.39, 0.29) is 39.6 Å². The van der Waals surface area contributed by atoms with Crippen molar-refractivity contribution >= 4 is 32.3 Å². The molecule has 1 aromatic carbocycles. The van der Waals surface area contributed by atoms with Crippen LogP contribution in [0.15, 0.2) is 21.7 Å². The molecule has 3 N–H and O–H groups in total. The van der Waals surface area contributed by atoms with Crippen LogP contribution in [0.3, 0.4) is 0 Å². The molecular weight excluding hydrogens is 370 g/mol. The largest absolute Gasteiger partial charge is 0.383 e. The number of ether oxygens (including phenoxy) is 1.